The number of hydrogen-bond donors (Lipinski definition) is 12. The zero-order valence-corrected chi connectivity index (χ0v) is 37.4. The highest BCUT2D eigenvalue weighted by Gasteiger charge is 2.34. The number of hydrogen-bond acceptors (Lipinski definition) is 14. The molecule has 6 amide bonds. The Hall–Kier alpha value is -5.06. The first-order valence-electron chi connectivity index (χ1n) is 20.8. The van der Waals surface area contributed by atoms with E-state index in [-0.39, 0.29) is 81.8 Å². The molecule has 2 rings (SSSR count). The van der Waals surface area contributed by atoms with Gasteiger partial charge in [0.1, 0.15) is 0 Å². The lowest BCUT2D eigenvalue weighted by molar-refractivity contribution is -0.117. The molecule has 2 aromatic rings. The molecule has 0 saturated carbocycles. The fourth-order valence-electron chi connectivity index (χ4n) is 7.87. The molecule has 20 heteroatoms. The zero-order valence-electron chi connectivity index (χ0n) is 37.4. The molecule has 20 nitrogen and oxygen atoms in total. The molecule has 352 valence electrons. The Morgan fingerprint density at radius 2 is 0.825 bits per heavy atom. The van der Waals surface area contributed by atoms with Gasteiger partial charge in [-0.15, -0.1) is 0 Å². The average molecular weight is 891 g/mol. The SMILES string of the molecule is CCc1c(C(=O)NCCO)c(C)c(C(=O)NC(CO)CO)c(C)c1N(CC(O)CC(O)CN(C(C)=O)c1c(C)c(C(=O)NC(CO)CO)c(C)c(C(=O)NCCO)c1CC)C(C)=O. The van der Waals surface area contributed by atoms with E-state index in [9.17, 15) is 69.6 Å². The largest absolute Gasteiger partial charge is 0.395 e. The van der Waals surface area contributed by atoms with Crippen molar-refractivity contribution in [2.75, 3.05) is 75.6 Å². The van der Waals surface area contributed by atoms with E-state index in [1.54, 1.807) is 13.8 Å². The number of amides is 6. The van der Waals surface area contributed by atoms with Gasteiger partial charge < -0.3 is 71.9 Å². The lowest BCUT2D eigenvalue weighted by Gasteiger charge is -2.33. The van der Waals surface area contributed by atoms with Gasteiger partial charge in [-0.1, -0.05) is 13.8 Å². The van der Waals surface area contributed by atoms with Gasteiger partial charge in [-0.25, -0.2) is 0 Å². The van der Waals surface area contributed by atoms with Crippen molar-refractivity contribution in [3.05, 3.63) is 55.6 Å². The quantitative estimate of drug-likeness (QED) is 0.0552. The molecule has 63 heavy (non-hydrogen) atoms. The summed E-state index contributed by atoms with van der Waals surface area (Å²) in [6, 6.07) is -2.11. The monoisotopic (exact) mass is 890 g/mol. The van der Waals surface area contributed by atoms with Crippen LogP contribution >= 0.6 is 0 Å². The number of anilines is 2. The van der Waals surface area contributed by atoms with Gasteiger partial charge in [0, 0.05) is 55.6 Å². The lowest BCUT2D eigenvalue weighted by Crippen LogP contribution is -2.44. The predicted octanol–water partition coefficient (Wildman–Crippen LogP) is -1.83. The van der Waals surface area contributed by atoms with E-state index in [2.05, 4.69) is 21.3 Å². The third-order valence-electron chi connectivity index (χ3n) is 10.7. The fraction of sp³-hybridized carbons (Fsp3) is 0.581. The van der Waals surface area contributed by atoms with Gasteiger partial charge in [0.25, 0.3) is 23.6 Å². The molecule has 0 heterocycles. The number of benzene rings is 2. The van der Waals surface area contributed by atoms with E-state index < -0.39 is 119 Å². The van der Waals surface area contributed by atoms with Gasteiger partial charge in [-0.05, 0) is 73.9 Å². The van der Waals surface area contributed by atoms with E-state index >= 15 is 0 Å². The Labute approximate surface area is 367 Å². The van der Waals surface area contributed by atoms with Gasteiger partial charge in [0.05, 0.1) is 88.4 Å². The van der Waals surface area contributed by atoms with E-state index in [0.29, 0.717) is 11.1 Å². The summed E-state index contributed by atoms with van der Waals surface area (Å²) >= 11 is 0. The second kappa shape index (κ2) is 25.3. The molecule has 0 radical (unpaired) electrons. The van der Waals surface area contributed by atoms with Crippen LogP contribution in [0.15, 0.2) is 0 Å². The summed E-state index contributed by atoms with van der Waals surface area (Å²) in [5, 5.41) is 90.8. The normalized spacial score (nSPS) is 12.2. The van der Waals surface area contributed by atoms with Crippen molar-refractivity contribution in [1.29, 1.82) is 0 Å². The summed E-state index contributed by atoms with van der Waals surface area (Å²) in [5.74, 6) is -4.08. The minimum atomic E-state index is -1.50. The first-order chi connectivity index (χ1) is 29.8. The van der Waals surface area contributed by atoms with Crippen molar-refractivity contribution in [2.45, 2.75) is 98.9 Å². The van der Waals surface area contributed by atoms with E-state index in [1.807, 2.05) is 0 Å². The van der Waals surface area contributed by atoms with Crippen molar-refractivity contribution in [3.8, 4) is 0 Å². The third-order valence-corrected chi connectivity index (χ3v) is 10.7. The Morgan fingerprint density at radius 3 is 1.08 bits per heavy atom. The van der Waals surface area contributed by atoms with Crippen LogP contribution in [0.4, 0.5) is 11.4 Å². The highest BCUT2D eigenvalue weighted by Crippen LogP contribution is 2.38. The number of carbonyl (C=O) groups is 6. The molecule has 0 fully saturated rings. The molecule has 0 spiro atoms. The Kier molecular flexibility index (Phi) is 21.7. The van der Waals surface area contributed by atoms with Gasteiger partial charge in [0.2, 0.25) is 11.8 Å². The summed E-state index contributed by atoms with van der Waals surface area (Å²) in [4.78, 5) is 84.0. The maximum Gasteiger partial charge on any atom is 0.252 e. The lowest BCUT2D eigenvalue weighted by atomic mass is 9.87. The van der Waals surface area contributed by atoms with Crippen molar-refractivity contribution in [3.63, 3.8) is 0 Å². The molecular formula is C43H66N6O14. The van der Waals surface area contributed by atoms with Gasteiger partial charge in [-0.3, -0.25) is 28.8 Å². The molecule has 12 N–H and O–H groups in total. The van der Waals surface area contributed by atoms with Crippen LogP contribution in [0.3, 0.4) is 0 Å². The van der Waals surface area contributed by atoms with Crippen LogP contribution in [0.25, 0.3) is 0 Å². The average Bonchev–Trinajstić information content (AvgIpc) is 3.23. The second-order valence-electron chi connectivity index (χ2n) is 15.2. The number of nitrogens with zero attached hydrogens (tertiary/aromatic N) is 2. The smallest absolute Gasteiger partial charge is 0.252 e. The van der Waals surface area contributed by atoms with Crippen LogP contribution in [-0.4, -0.2) is 166 Å². The molecule has 2 aromatic carbocycles. The summed E-state index contributed by atoms with van der Waals surface area (Å²) < 4.78 is 0. The second-order valence-corrected chi connectivity index (χ2v) is 15.2. The highest BCUT2D eigenvalue weighted by atomic mass is 16.3. The molecule has 2 unspecified atom stereocenters. The first-order valence-corrected chi connectivity index (χ1v) is 20.8. The van der Waals surface area contributed by atoms with Crippen molar-refractivity contribution >= 4 is 46.8 Å². The van der Waals surface area contributed by atoms with Crippen LogP contribution in [0, 0.1) is 27.7 Å². The molecule has 2 atom stereocenters. The summed E-state index contributed by atoms with van der Waals surface area (Å²) in [6.07, 6.45) is -3.13. The highest BCUT2D eigenvalue weighted by molar-refractivity contribution is 6.09. The van der Waals surface area contributed by atoms with E-state index in [0.717, 1.165) is 9.80 Å². The summed E-state index contributed by atoms with van der Waals surface area (Å²) in [5.41, 5.74) is 1.75. The predicted molar refractivity (Wildman–Crippen MR) is 233 cm³/mol. The maximum atomic E-state index is 13.7. The van der Waals surface area contributed by atoms with Crippen molar-refractivity contribution in [1.82, 2.24) is 21.3 Å². The van der Waals surface area contributed by atoms with Gasteiger partial charge in [-0.2, -0.15) is 0 Å². The number of rotatable bonds is 24. The molecule has 0 aliphatic heterocycles. The van der Waals surface area contributed by atoms with Crippen molar-refractivity contribution < 1.29 is 69.6 Å². The Morgan fingerprint density at radius 1 is 0.508 bits per heavy atom. The van der Waals surface area contributed by atoms with E-state index in [1.165, 1.54) is 41.5 Å². The topological polar surface area (TPSA) is 319 Å². The van der Waals surface area contributed by atoms with E-state index in [4.69, 9.17) is 0 Å². The van der Waals surface area contributed by atoms with Crippen LogP contribution in [0.1, 0.15) is 109 Å². The fourth-order valence-corrected chi connectivity index (χ4v) is 7.87. The molecule has 0 saturated heterocycles. The number of aliphatic hydroxyl groups is 8. The standard InChI is InChI=1S/C43H66N6O14/c1-9-32-36(40(60)44-11-13-50)22(3)34(42(62)46-28(18-52)19-53)24(5)38(32)48(26(7)56)16-30(58)15-31(59)17-49(27(8)57)39-25(6)35(43(63)47-29(20-54)21-55)23(4)37(33(39)10-2)41(61)45-12-14-51/h28-31,50-55,58-59H,9-21H2,1-8H3,(H,44,60)(H,45,61)(H,46,62)(H,47,63). The molecular weight excluding hydrogens is 825 g/mol. The molecule has 0 aromatic heterocycles. The van der Waals surface area contributed by atoms with Crippen LogP contribution in [0.2, 0.25) is 0 Å². The summed E-state index contributed by atoms with van der Waals surface area (Å²) in [6.45, 7) is 7.57. The zero-order chi connectivity index (χ0) is 47.9. The maximum absolute atomic E-state index is 13.7. The summed E-state index contributed by atoms with van der Waals surface area (Å²) in [7, 11) is 0. The minimum Gasteiger partial charge on any atom is -0.395 e. The Balaban J connectivity index is 2.76. The minimum absolute atomic E-state index is 0.0278. The van der Waals surface area contributed by atoms with Crippen LogP contribution in [0.5, 0.6) is 0 Å². The number of aliphatic hydroxyl groups excluding tert-OH is 8. The molecule has 0 bridgehead atoms. The van der Waals surface area contributed by atoms with Crippen LogP contribution in [-0.2, 0) is 22.4 Å². The van der Waals surface area contributed by atoms with Crippen molar-refractivity contribution in [2.24, 2.45) is 0 Å². The number of carbonyl (C=O) groups excluding carboxylic acids is 6. The van der Waals surface area contributed by atoms with Crippen LogP contribution < -0.4 is 31.1 Å². The first kappa shape index (κ1) is 54.1. The Bertz CT molecular complexity index is 1830. The van der Waals surface area contributed by atoms with Gasteiger partial charge >= 0.3 is 0 Å². The third kappa shape index (κ3) is 13.0. The number of nitrogens with one attached hydrogen (secondary N) is 4. The van der Waals surface area contributed by atoms with Gasteiger partial charge in [0.15, 0.2) is 0 Å². The molecule has 0 aliphatic carbocycles. The molecule has 0 aliphatic rings.